The zero-order valence-electron chi connectivity index (χ0n) is 29.2. The van der Waals surface area contributed by atoms with Gasteiger partial charge >= 0.3 is 0 Å². The van der Waals surface area contributed by atoms with E-state index in [1.807, 2.05) is 0 Å². The van der Waals surface area contributed by atoms with E-state index in [-0.39, 0.29) is 9.03 Å². The van der Waals surface area contributed by atoms with Crippen LogP contribution in [0.3, 0.4) is 0 Å². The lowest BCUT2D eigenvalue weighted by Crippen LogP contribution is -2.44. The van der Waals surface area contributed by atoms with Gasteiger partial charge in [-0.2, -0.15) is 0 Å². The van der Waals surface area contributed by atoms with Crippen molar-refractivity contribution in [2.45, 2.75) is 115 Å². The third-order valence-electron chi connectivity index (χ3n) is 13.0. The van der Waals surface area contributed by atoms with Crippen LogP contribution >= 0.6 is 9.03 Å². The maximum absolute atomic E-state index is 6.90. The summed E-state index contributed by atoms with van der Waals surface area (Å²) in [5.41, 5.74) is 30.4. The third kappa shape index (κ3) is 3.26. The lowest BCUT2D eigenvalue weighted by Gasteiger charge is -2.52. The van der Waals surface area contributed by atoms with Crippen molar-refractivity contribution in [1.29, 1.82) is 0 Å². The lowest BCUT2D eigenvalue weighted by atomic mass is 9.51. The van der Waals surface area contributed by atoms with Crippen LogP contribution in [0, 0.1) is 96.9 Å². The Morgan fingerprint density at radius 3 is 0.955 bits per heavy atom. The van der Waals surface area contributed by atoms with Crippen molar-refractivity contribution in [3.63, 3.8) is 0 Å². The van der Waals surface area contributed by atoms with Gasteiger partial charge in [0.1, 0.15) is 11.5 Å². The van der Waals surface area contributed by atoms with Crippen molar-refractivity contribution in [2.75, 3.05) is 0 Å². The highest BCUT2D eigenvalue weighted by Crippen LogP contribution is 2.65. The van der Waals surface area contributed by atoms with Gasteiger partial charge in [-0.15, -0.1) is 0 Å². The number of rotatable bonds is 0. The Hall–Kier alpha value is -3.09. The molecule has 1 heterocycles. The fourth-order valence-electron chi connectivity index (χ4n) is 9.32. The molecule has 2 aliphatic carbocycles. The van der Waals surface area contributed by atoms with Crippen LogP contribution in [-0.4, -0.2) is 0 Å². The summed E-state index contributed by atoms with van der Waals surface area (Å²) in [5, 5.41) is 0. The second-order valence-electron chi connectivity index (χ2n) is 14.2. The molecule has 0 saturated carbocycles. The van der Waals surface area contributed by atoms with E-state index >= 15 is 0 Å². The largest absolute Gasteiger partial charge is 0.440 e. The van der Waals surface area contributed by atoms with Gasteiger partial charge in [0, 0.05) is 11.1 Å². The first-order valence-corrected chi connectivity index (χ1v) is 17.0. The molecule has 0 fully saturated rings. The van der Waals surface area contributed by atoms with E-state index in [2.05, 4.69) is 96.9 Å². The van der Waals surface area contributed by atoms with Crippen LogP contribution in [0.25, 0.3) is 0 Å². The number of hydrogen-bond acceptors (Lipinski definition) is 2. The summed E-state index contributed by atoms with van der Waals surface area (Å²) in [7, 11) is -0.0899. The van der Waals surface area contributed by atoms with E-state index in [1.54, 1.807) is 0 Å². The van der Waals surface area contributed by atoms with Crippen LogP contribution in [0.5, 0.6) is 11.5 Å². The van der Waals surface area contributed by atoms with E-state index in [9.17, 15) is 0 Å². The van der Waals surface area contributed by atoms with E-state index in [4.69, 9.17) is 9.05 Å². The van der Waals surface area contributed by atoms with Crippen molar-refractivity contribution in [2.24, 2.45) is 0 Å². The van der Waals surface area contributed by atoms with E-state index in [0.29, 0.717) is 0 Å². The van der Waals surface area contributed by atoms with Gasteiger partial charge < -0.3 is 9.05 Å². The van der Waals surface area contributed by atoms with Gasteiger partial charge in [0.25, 0.3) is 9.03 Å². The van der Waals surface area contributed by atoms with Gasteiger partial charge in [0.05, 0.1) is 5.41 Å². The molecule has 3 heteroatoms. The van der Waals surface area contributed by atoms with Gasteiger partial charge in [-0.05, 0) is 221 Å². The molecule has 3 aliphatic rings. The number of fused-ring (bicyclic) bond motifs is 2. The summed E-state index contributed by atoms with van der Waals surface area (Å²) >= 11 is 0. The number of hydrogen-bond donors (Lipinski definition) is 0. The Kier molecular flexibility index (Phi) is 6.37. The quantitative estimate of drug-likeness (QED) is 0.161. The molecule has 228 valence electrons. The van der Waals surface area contributed by atoms with Crippen molar-refractivity contribution >= 4 is 9.03 Å². The van der Waals surface area contributed by atoms with Crippen LogP contribution in [0.1, 0.15) is 122 Å². The minimum atomic E-state index is -0.547. The fraction of sp³-hybridized carbons (Fsp3) is 0.415. The minimum absolute atomic E-state index is 0.0899. The van der Waals surface area contributed by atoms with Crippen molar-refractivity contribution in [1.82, 2.24) is 0 Å². The Morgan fingerprint density at radius 2 is 0.614 bits per heavy atom. The fourth-order valence-corrected chi connectivity index (χ4v) is 10.0. The molecule has 0 radical (unpaired) electrons. The molecule has 4 aromatic rings. The highest BCUT2D eigenvalue weighted by molar-refractivity contribution is 7.27. The zero-order valence-corrected chi connectivity index (χ0v) is 30.2. The van der Waals surface area contributed by atoms with E-state index < -0.39 is 5.41 Å². The highest BCUT2D eigenvalue weighted by atomic mass is 31.1. The smallest absolute Gasteiger partial charge is 0.275 e. The van der Waals surface area contributed by atoms with Crippen LogP contribution in [-0.2, 0) is 18.3 Å². The molecule has 0 unspecified atom stereocenters. The molecule has 1 spiro atoms. The third-order valence-corrected chi connectivity index (χ3v) is 13.6. The first kappa shape index (κ1) is 29.6. The van der Waals surface area contributed by atoms with Crippen molar-refractivity contribution < 1.29 is 9.05 Å². The van der Waals surface area contributed by atoms with Gasteiger partial charge in [-0.3, -0.25) is 0 Å². The van der Waals surface area contributed by atoms with Gasteiger partial charge in [0.15, 0.2) is 0 Å². The molecule has 44 heavy (non-hydrogen) atoms. The topological polar surface area (TPSA) is 18.5 Å². The summed E-state index contributed by atoms with van der Waals surface area (Å²) in [6.07, 6.45) is 1.86. The van der Waals surface area contributed by atoms with Gasteiger partial charge in [0.2, 0.25) is 0 Å². The normalized spacial score (nSPS) is 15.3. The van der Waals surface area contributed by atoms with E-state index in [0.717, 1.165) is 24.3 Å². The molecule has 2 nitrogen and oxygen atoms in total. The summed E-state index contributed by atoms with van der Waals surface area (Å²) in [5.74, 6) is 2.08. The Morgan fingerprint density at radius 1 is 0.341 bits per heavy atom. The predicted molar refractivity (Wildman–Crippen MR) is 186 cm³/mol. The van der Waals surface area contributed by atoms with Crippen molar-refractivity contribution in [3.8, 4) is 11.5 Å². The molecule has 7 rings (SSSR count). The predicted octanol–water partition coefficient (Wildman–Crippen LogP) is 10.5. The first-order chi connectivity index (χ1) is 20.7. The summed E-state index contributed by atoms with van der Waals surface area (Å²) < 4.78 is 13.8. The van der Waals surface area contributed by atoms with Crippen LogP contribution in [0.15, 0.2) is 0 Å². The molecule has 0 bridgehead atoms. The molecule has 0 N–H and O–H groups in total. The molecule has 1 aliphatic heterocycles. The Balaban J connectivity index is 1.92. The molecule has 0 aromatic heterocycles. The summed E-state index contributed by atoms with van der Waals surface area (Å²) in [6.45, 7) is 32.6. The SMILES string of the molecule is Cc1c(C)c(C)c2c(c1C)Cc1c(C)c(C)c(C)c3c1C21c2c(C)c(C)c(C)c(C)c2Cc2c(C)c(C)c(C)c(c21)OPO3. The van der Waals surface area contributed by atoms with Crippen LogP contribution in [0.2, 0.25) is 0 Å². The average molecular weight is 603 g/mol. The number of benzene rings is 4. The second-order valence-corrected chi connectivity index (χ2v) is 14.8. The molecule has 0 saturated heterocycles. The Bertz CT molecular complexity index is 1880. The summed E-state index contributed by atoms with van der Waals surface area (Å²) in [4.78, 5) is 0. The standard InChI is InChI=1S/C41H47O2P/c1-17-19(3)27(11)35-31(23(17)7)15-33-25(9)21(5)29(13)39-37(33)41(35)36-28(12)20(4)18(2)24(8)32(36)16-34-26(10)22(6)30(14)40(38(34)41)43-44-42-39/h44H,15-16H2,1-14H3. The highest BCUT2D eigenvalue weighted by Gasteiger charge is 2.56. The molecule has 4 aromatic carbocycles. The van der Waals surface area contributed by atoms with E-state index in [1.165, 1.54) is 122 Å². The maximum atomic E-state index is 6.90. The molecule has 0 atom stereocenters. The van der Waals surface area contributed by atoms with Gasteiger partial charge in [-0.25, -0.2) is 0 Å². The average Bonchev–Trinajstić information content (AvgIpc) is 3.00. The first-order valence-electron chi connectivity index (χ1n) is 16.2. The zero-order chi connectivity index (χ0) is 31.9. The molecular weight excluding hydrogens is 555 g/mol. The van der Waals surface area contributed by atoms with Crippen molar-refractivity contribution in [3.05, 3.63) is 122 Å². The summed E-state index contributed by atoms with van der Waals surface area (Å²) in [6, 6.07) is 0. The maximum Gasteiger partial charge on any atom is 0.275 e. The minimum Gasteiger partial charge on any atom is -0.440 e. The monoisotopic (exact) mass is 602 g/mol. The lowest BCUT2D eigenvalue weighted by molar-refractivity contribution is 0.466. The second kappa shape index (κ2) is 9.46. The Labute approximate surface area is 266 Å². The van der Waals surface area contributed by atoms with Crippen LogP contribution in [0.4, 0.5) is 0 Å². The van der Waals surface area contributed by atoms with Crippen LogP contribution < -0.4 is 9.05 Å². The van der Waals surface area contributed by atoms with Gasteiger partial charge in [-0.1, -0.05) is 0 Å². The molecule has 0 amide bonds. The molecular formula is C41H47O2P.